The zero-order valence-corrected chi connectivity index (χ0v) is 13.6. The molecular formula is C15H29ClN4. The molecule has 0 saturated carbocycles. The third kappa shape index (κ3) is 9.73. The number of imidazole rings is 1. The molecule has 0 fully saturated rings. The average Bonchev–Trinajstić information content (AvgIpc) is 3.08. The molecule has 2 rings (SSSR count). The summed E-state index contributed by atoms with van der Waals surface area (Å²) in [5.74, 6) is 0. The first-order valence-corrected chi connectivity index (χ1v) is 7.38. The highest BCUT2D eigenvalue weighted by molar-refractivity contribution is 5.85. The summed E-state index contributed by atoms with van der Waals surface area (Å²) in [5, 5.41) is 0. The Labute approximate surface area is 129 Å². The first-order chi connectivity index (χ1) is 9.33. The van der Waals surface area contributed by atoms with Gasteiger partial charge in [0.1, 0.15) is 0 Å². The highest BCUT2D eigenvalue weighted by atomic mass is 35.5. The Morgan fingerprint density at radius 1 is 1.10 bits per heavy atom. The number of hydrogen-bond donors (Lipinski definition) is 1. The second-order valence-corrected chi connectivity index (χ2v) is 5.04. The second kappa shape index (κ2) is 12.9. The Balaban J connectivity index is 0.000000507. The average molecular weight is 301 g/mol. The molecule has 116 valence electrons. The fourth-order valence-corrected chi connectivity index (χ4v) is 2.04. The summed E-state index contributed by atoms with van der Waals surface area (Å²) in [6.07, 6.45) is 17.8. The lowest BCUT2D eigenvalue weighted by molar-refractivity contribution is 0.290. The molecule has 0 radical (unpaired) electrons. The Hall–Kier alpha value is -1.16. The van der Waals surface area contributed by atoms with Gasteiger partial charge in [0.2, 0.25) is 0 Å². The maximum absolute atomic E-state index is 3.67. The topological polar surface area (TPSA) is 35.2 Å². The van der Waals surface area contributed by atoms with Gasteiger partial charge in [0.05, 0.1) is 13.0 Å². The first-order valence-electron chi connectivity index (χ1n) is 7.38. The summed E-state index contributed by atoms with van der Waals surface area (Å²) in [4.78, 5) is 11.0. The number of unbranched alkanes of at least 4 members (excludes halogenated alkanes) is 5. The first kappa shape index (κ1) is 18.8. The zero-order chi connectivity index (χ0) is 13.8. The van der Waals surface area contributed by atoms with E-state index >= 15 is 0 Å². The maximum Gasteiger partial charge on any atom is 0.0919 e. The Morgan fingerprint density at radius 2 is 1.85 bits per heavy atom. The van der Waals surface area contributed by atoms with Crippen molar-refractivity contribution in [2.45, 2.75) is 45.4 Å². The molecule has 0 aliphatic carbocycles. The highest BCUT2D eigenvalue weighted by Crippen LogP contribution is 2.08. The van der Waals surface area contributed by atoms with Crippen molar-refractivity contribution in [2.24, 2.45) is 0 Å². The molecule has 4 nitrogen and oxygen atoms in total. The molecule has 0 saturated heterocycles. The van der Waals surface area contributed by atoms with E-state index < -0.39 is 0 Å². The van der Waals surface area contributed by atoms with Gasteiger partial charge in [0, 0.05) is 38.4 Å². The number of nitrogens with zero attached hydrogens (tertiary/aromatic N) is 3. The maximum atomic E-state index is 3.67. The van der Waals surface area contributed by atoms with E-state index in [1.807, 2.05) is 0 Å². The van der Waals surface area contributed by atoms with E-state index in [-0.39, 0.29) is 12.4 Å². The highest BCUT2D eigenvalue weighted by Gasteiger charge is 2.06. The lowest BCUT2D eigenvalue weighted by Gasteiger charge is -2.17. The zero-order valence-electron chi connectivity index (χ0n) is 12.8. The molecule has 0 amide bonds. The summed E-state index contributed by atoms with van der Waals surface area (Å²) in [7, 11) is 2.12. The smallest absolute Gasteiger partial charge is 0.0919 e. The predicted octanol–water partition coefficient (Wildman–Crippen LogP) is 3.85. The van der Waals surface area contributed by atoms with E-state index in [0.717, 1.165) is 6.67 Å². The molecule has 1 aliphatic heterocycles. The van der Waals surface area contributed by atoms with E-state index in [4.69, 9.17) is 0 Å². The van der Waals surface area contributed by atoms with Gasteiger partial charge in [-0.05, 0) is 6.42 Å². The normalized spacial score (nSPS) is 12.9. The third-order valence-electron chi connectivity index (χ3n) is 3.14. The minimum absolute atomic E-state index is 0. The van der Waals surface area contributed by atoms with Gasteiger partial charge >= 0.3 is 0 Å². The third-order valence-corrected chi connectivity index (χ3v) is 3.14. The van der Waals surface area contributed by atoms with E-state index in [1.165, 1.54) is 45.1 Å². The van der Waals surface area contributed by atoms with Gasteiger partial charge in [-0.3, -0.25) is 0 Å². The number of rotatable bonds is 7. The van der Waals surface area contributed by atoms with Gasteiger partial charge < -0.3 is 14.8 Å². The fraction of sp³-hybridized carbons (Fsp3) is 0.667. The second-order valence-electron chi connectivity index (χ2n) is 5.04. The molecule has 0 bridgehead atoms. The van der Waals surface area contributed by atoms with Crippen molar-refractivity contribution < 1.29 is 0 Å². The standard InChI is InChI=1S/C12H24N2.C3H4N2.ClH/c1-3-4-5-6-7-8-9-14-11-10-13(2)12-14;1-2-5-3-4-1;/h10-11H,3-9,12H2,1-2H3;1-3H,(H,4,5);1H. The summed E-state index contributed by atoms with van der Waals surface area (Å²) in [6.45, 7) is 4.58. The van der Waals surface area contributed by atoms with Crippen LogP contribution in [0.4, 0.5) is 0 Å². The minimum Gasteiger partial charge on any atom is -0.362 e. The van der Waals surface area contributed by atoms with Crippen molar-refractivity contribution in [3.8, 4) is 0 Å². The number of nitrogens with one attached hydrogen (secondary N) is 1. The molecule has 1 aromatic heterocycles. The molecule has 0 spiro atoms. The molecule has 2 heterocycles. The predicted molar refractivity (Wildman–Crippen MR) is 87.7 cm³/mol. The van der Waals surface area contributed by atoms with Crippen LogP contribution >= 0.6 is 12.4 Å². The van der Waals surface area contributed by atoms with E-state index in [2.05, 4.69) is 46.1 Å². The number of aromatic nitrogens is 2. The van der Waals surface area contributed by atoms with Crippen LogP contribution in [-0.4, -0.2) is 40.0 Å². The monoisotopic (exact) mass is 300 g/mol. The van der Waals surface area contributed by atoms with Crippen molar-refractivity contribution in [1.82, 2.24) is 19.8 Å². The van der Waals surface area contributed by atoms with Crippen LogP contribution in [0.15, 0.2) is 31.1 Å². The van der Waals surface area contributed by atoms with Crippen LogP contribution in [0.5, 0.6) is 0 Å². The van der Waals surface area contributed by atoms with Crippen molar-refractivity contribution in [3.63, 3.8) is 0 Å². The van der Waals surface area contributed by atoms with Gasteiger partial charge in [-0.1, -0.05) is 39.0 Å². The SMILES string of the molecule is CCCCCCCCN1C=CN(C)C1.Cl.c1c[nH]cn1. The van der Waals surface area contributed by atoms with Crippen LogP contribution in [0.3, 0.4) is 0 Å². The lowest BCUT2D eigenvalue weighted by atomic mass is 10.1. The summed E-state index contributed by atoms with van der Waals surface area (Å²) in [5.41, 5.74) is 0. The summed E-state index contributed by atoms with van der Waals surface area (Å²) in [6, 6.07) is 0. The minimum atomic E-state index is 0. The number of H-pyrrole nitrogens is 1. The molecule has 0 atom stereocenters. The number of hydrogen-bond acceptors (Lipinski definition) is 3. The molecule has 0 aromatic carbocycles. The van der Waals surface area contributed by atoms with Crippen LogP contribution in [0, 0.1) is 0 Å². The van der Waals surface area contributed by atoms with E-state index in [9.17, 15) is 0 Å². The van der Waals surface area contributed by atoms with Crippen molar-refractivity contribution in [2.75, 3.05) is 20.3 Å². The molecular weight excluding hydrogens is 272 g/mol. The van der Waals surface area contributed by atoms with Gasteiger partial charge in [-0.2, -0.15) is 0 Å². The van der Waals surface area contributed by atoms with Gasteiger partial charge in [-0.15, -0.1) is 12.4 Å². The molecule has 20 heavy (non-hydrogen) atoms. The fourth-order valence-electron chi connectivity index (χ4n) is 2.04. The van der Waals surface area contributed by atoms with Crippen molar-refractivity contribution >= 4 is 12.4 Å². The largest absolute Gasteiger partial charge is 0.362 e. The molecule has 1 N–H and O–H groups in total. The lowest BCUT2D eigenvalue weighted by Crippen LogP contribution is -2.23. The molecule has 1 aromatic rings. The summed E-state index contributed by atoms with van der Waals surface area (Å²) < 4.78 is 0. The van der Waals surface area contributed by atoms with E-state index in [1.54, 1.807) is 18.7 Å². The van der Waals surface area contributed by atoms with Crippen LogP contribution in [0.1, 0.15) is 45.4 Å². The Bertz CT molecular complexity index is 296. The van der Waals surface area contributed by atoms with Crippen molar-refractivity contribution in [1.29, 1.82) is 0 Å². The number of halogens is 1. The molecule has 0 unspecified atom stereocenters. The molecule has 5 heteroatoms. The Kier molecular flexibility index (Phi) is 12.1. The number of aromatic amines is 1. The summed E-state index contributed by atoms with van der Waals surface area (Å²) >= 11 is 0. The van der Waals surface area contributed by atoms with E-state index in [0.29, 0.717) is 0 Å². The van der Waals surface area contributed by atoms with Gasteiger partial charge in [-0.25, -0.2) is 4.98 Å². The molecule has 1 aliphatic rings. The van der Waals surface area contributed by atoms with Gasteiger partial charge in [0.25, 0.3) is 0 Å². The van der Waals surface area contributed by atoms with Crippen LogP contribution in [0.2, 0.25) is 0 Å². The van der Waals surface area contributed by atoms with Gasteiger partial charge in [0.15, 0.2) is 0 Å². The van der Waals surface area contributed by atoms with Crippen molar-refractivity contribution in [3.05, 3.63) is 31.1 Å². The quantitative estimate of drug-likeness (QED) is 0.777. The van der Waals surface area contributed by atoms with Crippen LogP contribution in [-0.2, 0) is 0 Å². The van der Waals surface area contributed by atoms with Crippen LogP contribution in [0.25, 0.3) is 0 Å². The Morgan fingerprint density at radius 3 is 2.35 bits per heavy atom. The van der Waals surface area contributed by atoms with Crippen LogP contribution < -0.4 is 0 Å².